The first kappa shape index (κ1) is 21.9. The van der Waals surface area contributed by atoms with E-state index in [1.807, 2.05) is 12.1 Å². The molecule has 164 valence electrons. The van der Waals surface area contributed by atoms with Gasteiger partial charge in [0.25, 0.3) is 0 Å². The normalized spacial score (nSPS) is 17.7. The number of urea groups is 1. The molecule has 5 nitrogen and oxygen atoms in total. The van der Waals surface area contributed by atoms with Gasteiger partial charge in [0.05, 0.1) is 18.3 Å². The van der Waals surface area contributed by atoms with Crippen LogP contribution < -0.4 is 4.90 Å². The summed E-state index contributed by atoms with van der Waals surface area (Å²) in [7, 11) is 0. The van der Waals surface area contributed by atoms with Crippen molar-refractivity contribution < 1.29 is 9.90 Å². The molecule has 1 atom stereocenters. The maximum Gasteiger partial charge on any atom is 0.329 e. The van der Waals surface area contributed by atoms with Gasteiger partial charge in [-0.05, 0) is 41.7 Å². The van der Waals surface area contributed by atoms with Gasteiger partial charge in [-0.3, -0.25) is 14.7 Å². The number of rotatable bonds is 6. The Morgan fingerprint density at radius 1 is 1.06 bits per heavy atom. The molecule has 2 aliphatic rings. The van der Waals surface area contributed by atoms with Crippen molar-refractivity contribution in [1.29, 1.82) is 0 Å². The van der Waals surface area contributed by atoms with Crippen LogP contribution in [0, 0.1) is 5.92 Å². The summed E-state index contributed by atoms with van der Waals surface area (Å²) in [5, 5.41) is 11.5. The van der Waals surface area contributed by atoms with Gasteiger partial charge in [-0.2, -0.15) is 0 Å². The van der Waals surface area contributed by atoms with Gasteiger partial charge in [-0.1, -0.05) is 56.3 Å². The molecular formula is C25H30ClN3O2. The highest BCUT2D eigenvalue weighted by Gasteiger charge is 2.35. The van der Waals surface area contributed by atoms with E-state index in [4.69, 9.17) is 11.6 Å². The van der Waals surface area contributed by atoms with Crippen LogP contribution in [0.3, 0.4) is 0 Å². The minimum absolute atomic E-state index is 0.142. The van der Waals surface area contributed by atoms with E-state index in [2.05, 4.69) is 49.6 Å². The molecule has 0 saturated heterocycles. The minimum Gasteiger partial charge on any atom is -0.390 e. The molecule has 6 heteroatoms. The summed E-state index contributed by atoms with van der Waals surface area (Å²) in [5.74, 6) is 0.305. The number of benzene rings is 2. The highest BCUT2D eigenvalue weighted by molar-refractivity contribution is 6.31. The van der Waals surface area contributed by atoms with Crippen molar-refractivity contribution in [2.45, 2.75) is 32.9 Å². The number of hydrogen-bond donors (Lipinski definition) is 1. The highest BCUT2D eigenvalue weighted by atomic mass is 35.5. The van der Waals surface area contributed by atoms with Crippen LogP contribution in [0.15, 0.2) is 49.0 Å². The van der Waals surface area contributed by atoms with E-state index in [0.29, 0.717) is 29.7 Å². The minimum atomic E-state index is -0.674. The van der Waals surface area contributed by atoms with Crippen LogP contribution in [0.5, 0.6) is 0 Å². The Morgan fingerprint density at radius 2 is 1.81 bits per heavy atom. The van der Waals surface area contributed by atoms with Crippen LogP contribution in [0.4, 0.5) is 10.5 Å². The Labute approximate surface area is 189 Å². The number of carbonyl (C=O) groups excluding carboxylic acids is 1. The van der Waals surface area contributed by atoms with E-state index in [0.717, 1.165) is 30.8 Å². The van der Waals surface area contributed by atoms with Gasteiger partial charge < -0.3 is 5.11 Å². The lowest BCUT2D eigenvalue weighted by atomic mass is 9.99. The molecule has 4 rings (SSSR count). The topological polar surface area (TPSA) is 47.0 Å². The summed E-state index contributed by atoms with van der Waals surface area (Å²) < 4.78 is 0. The van der Waals surface area contributed by atoms with Crippen LogP contribution in [-0.4, -0.2) is 53.2 Å². The Kier molecular flexibility index (Phi) is 6.37. The van der Waals surface area contributed by atoms with E-state index >= 15 is 0 Å². The molecule has 2 aliphatic heterocycles. The number of aliphatic hydroxyl groups excluding tert-OH is 1. The molecular weight excluding hydrogens is 410 g/mol. The Hall–Kier alpha value is -2.34. The molecule has 1 N–H and O–H groups in total. The third-order valence-corrected chi connectivity index (χ3v) is 6.20. The summed E-state index contributed by atoms with van der Waals surface area (Å²) in [6.45, 7) is 11.4. The fraction of sp³-hybridized carbons (Fsp3) is 0.400. The second-order valence-electron chi connectivity index (χ2n) is 8.91. The second kappa shape index (κ2) is 9.03. The molecule has 2 amide bonds. The Bertz CT molecular complexity index is 990. The summed E-state index contributed by atoms with van der Waals surface area (Å²) in [6.07, 6.45) is 0.305. The molecule has 0 radical (unpaired) electrons. The SMILES string of the molecule is C=C1c2cc(Cl)ccc2N(CC(C)C)C(=O)N1CC(O)CN1CCc2ccccc2C1. The molecule has 0 fully saturated rings. The standard InChI is InChI=1S/C25H30ClN3O2/c1-17(2)13-29-24-9-8-21(26)12-23(24)18(3)28(25(29)31)16-22(30)15-27-11-10-19-6-4-5-7-20(19)14-27/h4-9,12,17,22,30H,3,10-11,13-16H2,1-2H3. The smallest absolute Gasteiger partial charge is 0.329 e. The van der Waals surface area contributed by atoms with E-state index in [9.17, 15) is 9.90 Å². The first-order chi connectivity index (χ1) is 14.8. The molecule has 0 aromatic heterocycles. The summed E-state index contributed by atoms with van der Waals surface area (Å²) in [4.78, 5) is 19.0. The fourth-order valence-electron chi connectivity index (χ4n) is 4.49. The largest absolute Gasteiger partial charge is 0.390 e. The number of nitrogens with zero attached hydrogens (tertiary/aromatic N) is 3. The van der Waals surface area contributed by atoms with Crippen molar-refractivity contribution in [3.05, 3.63) is 70.8 Å². The van der Waals surface area contributed by atoms with Crippen molar-refractivity contribution >= 4 is 29.0 Å². The molecule has 2 aromatic carbocycles. The number of anilines is 1. The average molecular weight is 440 g/mol. The first-order valence-electron chi connectivity index (χ1n) is 10.9. The van der Waals surface area contributed by atoms with Crippen LogP contribution in [0.2, 0.25) is 5.02 Å². The summed E-state index contributed by atoms with van der Waals surface area (Å²) in [5.41, 5.74) is 4.94. The second-order valence-corrected chi connectivity index (χ2v) is 9.35. The van der Waals surface area contributed by atoms with E-state index in [1.54, 1.807) is 15.9 Å². The third kappa shape index (κ3) is 4.64. The number of carbonyl (C=O) groups is 1. The van der Waals surface area contributed by atoms with Crippen molar-refractivity contribution in [3.8, 4) is 0 Å². The summed E-state index contributed by atoms with van der Waals surface area (Å²) >= 11 is 6.24. The van der Waals surface area contributed by atoms with Crippen molar-refractivity contribution in [1.82, 2.24) is 9.80 Å². The number of β-amino-alcohol motifs (C(OH)–C–C–N with tert-alkyl or cyclic N) is 1. The van der Waals surface area contributed by atoms with Gasteiger partial charge in [0, 0.05) is 42.5 Å². The predicted octanol–water partition coefficient (Wildman–Crippen LogP) is 4.63. The molecule has 2 heterocycles. The molecule has 1 unspecified atom stereocenters. The lowest BCUT2D eigenvalue weighted by Gasteiger charge is -2.40. The van der Waals surface area contributed by atoms with Crippen LogP contribution >= 0.6 is 11.6 Å². The lowest BCUT2D eigenvalue weighted by Crippen LogP contribution is -2.51. The predicted molar refractivity (Wildman–Crippen MR) is 126 cm³/mol. The molecule has 0 spiro atoms. The van der Waals surface area contributed by atoms with Crippen molar-refractivity contribution in [2.24, 2.45) is 5.92 Å². The zero-order valence-electron chi connectivity index (χ0n) is 18.2. The fourth-order valence-corrected chi connectivity index (χ4v) is 4.66. The van der Waals surface area contributed by atoms with E-state index in [-0.39, 0.29) is 12.6 Å². The zero-order valence-corrected chi connectivity index (χ0v) is 19.0. The van der Waals surface area contributed by atoms with Crippen LogP contribution in [0.1, 0.15) is 30.5 Å². The van der Waals surface area contributed by atoms with E-state index < -0.39 is 6.10 Å². The molecule has 0 saturated carbocycles. The van der Waals surface area contributed by atoms with Gasteiger partial charge in [0.1, 0.15) is 0 Å². The molecule has 31 heavy (non-hydrogen) atoms. The van der Waals surface area contributed by atoms with Gasteiger partial charge in [-0.15, -0.1) is 0 Å². The van der Waals surface area contributed by atoms with E-state index in [1.165, 1.54) is 11.1 Å². The van der Waals surface area contributed by atoms with Crippen LogP contribution in [0.25, 0.3) is 5.70 Å². The number of fused-ring (bicyclic) bond motifs is 2. The molecule has 0 aliphatic carbocycles. The number of amides is 2. The van der Waals surface area contributed by atoms with Gasteiger partial charge in [0.15, 0.2) is 0 Å². The maximum atomic E-state index is 13.3. The Morgan fingerprint density at radius 3 is 2.55 bits per heavy atom. The van der Waals surface area contributed by atoms with Crippen molar-refractivity contribution in [3.63, 3.8) is 0 Å². The highest BCUT2D eigenvalue weighted by Crippen LogP contribution is 2.37. The van der Waals surface area contributed by atoms with Crippen molar-refractivity contribution in [2.75, 3.05) is 31.1 Å². The van der Waals surface area contributed by atoms with Gasteiger partial charge in [-0.25, -0.2) is 4.79 Å². The number of aliphatic hydroxyl groups is 1. The Balaban J connectivity index is 1.49. The third-order valence-electron chi connectivity index (χ3n) is 5.97. The quantitative estimate of drug-likeness (QED) is 0.713. The summed E-state index contributed by atoms with van der Waals surface area (Å²) in [6, 6.07) is 13.8. The molecule has 0 bridgehead atoms. The first-order valence-corrected chi connectivity index (χ1v) is 11.3. The zero-order chi connectivity index (χ0) is 22.1. The molecule has 2 aromatic rings. The lowest BCUT2D eigenvalue weighted by molar-refractivity contribution is 0.0892. The van der Waals surface area contributed by atoms with Gasteiger partial charge >= 0.3 is 6.03 Å². The monoisotopic (exact) mass is 439 g/mol. The number of hydrogen-bond acceptors (Lipinski definition) is 3. The number of halogens is 1. The maximum absolute atomic E-state index is 13.3. The van der Waals surface area contributed by atoms with Crippen LogP contribution in [-0.2, 0) is 13.0 Å². The average Bonchev–Trinajstić information content (AvgIpc) is 2.74. The van der Waals surface area contributed by atoms with Gasteiger partial charge in [0.2, 0.25) is 0 Å².